The summed E-state index contributed by atoms with van der Waals surface area (Å²) in [7, 11) is 1.33. The summed E-state index contributed by atoms with van der Waals surface area (Å²) in [5, 5.41) is 9.23. The summed E-state index contributed by atoms with van der Waals surface area (Å²) in [5.74, 6) is -0.457. The number of hydrogen-bond acceptors (Lipinski definition) is 4. The average molecular weight is 263 g/mol. The van der Waals surface area contributed by atoms with Gasteiger partial charge in [-0.15, -0.1) is 0 Å². The number of phenolic OH excluding ortho intramolecular Hbond substituents is 1. The van der Waals surface area contributed by atoms with E-state index in [0.717, 1.165) is 12.8 Å². The Bertz CT molecular complexity index is 469. The Kier molecular flexibility index (Phi) is 4.04. The van der Waals surface area contributed by atoms with E-state index in [-0.39, 0.29) is 17.6 Å². The van der Waals surface area contributed by atoms with Gasteiger partial charge in [-0.25, -0.2) is 4.79 Å². The number of phenols is 1. The first kappa shape index (κ1) is 13.4. The minimum atomic E-state index is -0.500. The van der Waals surface area contributed by atoms with E-state index in [1.807, 2.05) is 0 Å². The van der Waals surface area contributed by atoms with Crippen molar-refractivity contribution in [3.8, 4) is 5.75 Å². The van der Waals surface area contributed by atoms with Crippen LogP contribution in [-0.4, -0.2) is 41.6 Å². The Morgan fingerprint density at radius 2 is 1.95 bits per heavy atom. The van der Waals surface area contributed by atoms with Gasteiger partial charge < -0.3 is 14.7 Å². The molecular weight excluding hydrogens is 246 g/mol. The number of carbonyl (C=O) groups is 2. The lowest BCUT2D eigenvalue weighted by atomic mass is 10.0. The summed E-state index contributed by atoms with van der Waals surface area (Å²) in [6, 6.07) is 5.54. The van der Waals surface area contributed by atoms with E-state index in [4.69, 9.17) is 4.74 Å². The van der Waals surface area contributed by atoms with Crippen molar-refractivity contribution in [3.05, 3.63) is 29.8 Å². The van der Waals surface area contributed by atoms with E-state index in [1.54, 1.807) is 17.0 Å². The topological polar surface area (TPSA) is 66.8 Å². The Labute approximate surface area is 111 Å². The molecule has 5 nitrogen and oxygen atoms in total. The molecular formula is C14H17NO4. The smallest absolute Gasteiger partial charge is 0.328 e. The highest BCUT2D eigenvalue weighted by molar-refractivity contribution is 5.97. The first-order valence-corrected chi connectivity index (χ1v) is 6.31. The van der Waals surface area contributed by atoms with Crippen LogP contribution in [0.25, 0.3) is 0 Å². The van der Waals surface area contributed by atoms with Gasteiger partial charge in [-0.05, 0) is 43.5 Å². The molecule has 0 aromatic heterocycles. The number of piperidine rings is 1. The maximum Gasteiger partial charge on any atom is 0.328 e. The van der Waals surface area contributed by atoms with Crippen LogP contribution >= 0.6 is 0 Å². The number of amides is 1. The number of carbonyl (C=O) groups excluding carboxylic acids is 2. The van der Waals surface area contributed by atoms with Gasteiger partial charge in [0.25, 0.3) is 5.91 Å². The number of likely N-dealkylation sites (tertiary alicyclic amines) is 1. The Morgan fingerprint density at radius 3 is 2.58 bits per heavy atom. The van der Waals surface area contributed by atoms with Gasteiger partial charge in [0.15, 0.2) is 0 Å². The summed E-state index contributed by atoms with van der Waals surface area (Å²) in [4.78, 5) is 25.6. The third-order valence-corrected chi connectivity index (χ3v) is 3.35. The molecule has 1 heterocycles. The predicted octanol–water partition coefficient (Wildman–Crippen LogP) is 1.56. The van der Waals surface area contributed by atoms with Crippen molar-refractivity contribution in [1.82, 2.24) is 4.90 Å². The molecule has 19 heavy (non-hydrogen) atoms. The fourth-order valence-electron chi connectivity index (χ4n) is 2.33. The second-order valence-corrected chi connectivity index (χ2v) is 4.58. The molecule has 1 unspecified atom stereocenters. The van der Waals surface area contributed by atoms with Crippen LogP contribution in [0.1, 0.15) is 29.6 Å². The largest absolute Gasteiger partial charge is 0.508 e. The van der Waals surface area contributed by atoms with Gasteiger partial charge in [0, 0.05) is 12.1 Å². The molecule has 5 heteroatoms. The predicted molar refractivity (Wildman–Crippen MR) is 68.8 cm³/mol. The van der Waals surface area contributed by atoms with Crippen molar-refractivity contribution in [2.24, 2.45) is 0 Å². The molecule has 1 N–H and O–H groups in total. The van der Waals surface area contributed by atoms with E-state index < -0.39 is 6.04 Å². The average Bonchev–Trinajstić information content (AvgIpc) is 2.46. The first-order chi connectivity index (χ1) is 9.13. The molecule has 1 aliphatic heterocycles. The normalized spacial score (nSPS) is 19.0. The number of ether oxygens (including phenoxy) is 1. The summed E-state index contributed by atoms with van der Waals surface area (Å²) < 4.78 is 4.75. The van der Waals surface area contributed by atoms with E-state index in [2.05, 4.69) is 0 Å². The van der Waals surface area contributed by atoms with Crippen LogP contribution in [0, 0.1) is 0 Å². The molecule has 2 rings (SSSR count). The lowest BCUT2D eigenvalue weighted by Crippen LogP contribution is -2.48. The molecule has 0 saturated carbocycles. The number of methoxy groups -OCH3 is 1. The van der Waals surface area contributed by atoms with Crippen molar-refractivity contribution in [3.63, 3.8) is 0 Å². The molecule has 1 saturated heterocycles. The van der Waals surface area contributed by atoms with Crippen LogP contribution in [0.2, 0.25) is 0 Å². The minimum Gasteiger partial charge on any atom is -0.508 e. The van der Waals surface area contributed by atoms with Gasteiger partial charge in [0.2, 0.25) is 0 Å². The fourth-order valence-corrected chi connectivity index (χ4v) is 2.33. The van der Waals surface area contributed by atoms with Crippen LogP contribution in [0.15, 0.2) is 24.3 Å². The van der Waals surface area contributed by atoms with Crippen molar-refractivity contribution in [2.75, 3.05) is 13.7 Å². The number of benzene rings is 1. The second-order valence-electron chi connectivity index (χ2n) is 4.58. The molecule has 1 fully saturated rings. The Morgan fingerprint density at radius 1 is 1.26 bits per heavy atom. The lowest BCUT2D eigenvalue weighted by molar-refractivity contribution is -0.147. The molecule has 1 aromatic carbocycles. The minimum absolute atomic E-state index is 0.111. The fraction of sp³-hybridized carbons (Fsp3) is 0.429. The van der Waals surface area contributed by atoms with Gasteiger partial charge in [-0.3, -0.25) is 4.79 Å². The monoisotopic (exact) mass is 263 g/mol. The zero-order valence-corrected chi connectivity index (χ0v) is 10.8. The quantitative estimate of drug-likeness (QED) is 0.822. The molecule has 0 radical (unpaired) electrons. The number of nitrogens with zero attached hydrogens (tertiary/aromatic N) is 1. The molecule has 0 bridgehead atoms. The highest BCUT2D eigenvalue weighted by Gasteiger charge is 2.33. The zero-order chi connectivity index (χ0) is 13.8. The molecule has 1 aromatic rings. The van der Waals surface area contributed by atoms with Crippen molar-refractivity contribution in [2.45, 2.75) is 25.3 Å². The Balaban J connectivity index is 2.20. The summed E-state index contributed by atoms with van der Waals surface area (Å²) >= 11 is 0. The number of esters is 1. The Hall–Kier alpha value is -2.04. The number of aromatic hydroxyl groups is 1. The molecule has 1 aliphatic rings. The summed E-state index contributed by atoms with van der Waals surface area (Å²) in [5.41, 5.74) is 0.466. The third-order valence-electron chi connectivity index (χ3n) is 3.35. The molecule has 1 amide bonds. The van der Waals surface area contributed by atoms with Crippen LogP contribution in [0.5, 0.6) is 5.75 Å². The van der Waals surface area contributed by atoms with Gasteiger partial charge in [0.1, 0.15) is 11.8 Å². The number of hydrogen-bond donors (Lipinski definition) is 1. The van der Waals surface area contributed by atoms with Gasteiger partial charge >= 0.3 is 5.97 Å². The molecule has 102 valence electrons. The van der Waals surface area contributed by atoms with E-state index in [9.17, 15) is 14.7 Å². The molecule has 0 spiro atoms. The highest BCUT2D eigenvalue weighted by Crippen LogP contribution is 2.21. The van der Waals surface area contributed by atoms with Gasteiger partial charge in [-0.2, -0.15) is 0 Å². The van der Waals surface area contributed by atoms with Crippen molar-refractivity contribution in [1.29, 1.82) is 0 Å². The van der Waals surface area contributed by atoms with E-state index >= 15 is 0 Å². The number of rotatable bonds is 2. The van der Waals surface area contributed by atoms with E-state index in [1.165, 1.54) is 19.2 Å². The van der Waals surface area contributed by atoms with E-state index in [0.29, 0.717) is 18.5 Å². The second kappa shape index (κ2) is 5.73. The van der Waals surface area contributed by atoms with Crippen LogP contribution in [0.3, 0.4) is 0 Å². The SMILES string of the molecule is COC(=O)C1CCCCN1C(=O)c1ccc(O)cc1. The zero-order valence-electron chi connectivity index (χ0n) is 10.8. The maximum atomic E-state index is 12.4. The van der Waals surface area contributed by atoms with Gasteiger partial charge in [-0.1, -0.05) is 0 Å². The summed E-state index contributed by atoms with van der Waals surface area (Å²) in [6.45, 7) is 0.555. The lowest BCUT2D eigenvalue weighted by Gasteiger charge is -2.33. The molecule has 0 aliphatic carbocycles. The highest BCUT2D eigenvalue weighted by atomic mass is 16.5. The maximum absolute atomic E-state index is 12.4. The van der Waals surface area contributed by atoms with Crippen LogP contribution in [-0.2, 0) is 9.53 Å². The third kappa shape index (κ3) is 2.86. The van der Waals surface area contributed by atoms with Crippen LogP contribution in [0.4, 0.5) is 0 Å². The van der Waals surface area contributed by atoms with Crippen LogP contribution < -0.4 is 0 Å². The standard InChI is InChI=1S/C14H17NO4/c1-19-14(18)12-4-2-3-9-15(12)13(17)10-5-7-11(16)8-6-10/h5-8,12,16H,2-4,9H2,1H3. The van der Waals surface area contributed by atoms with Crippen molar-refractivity contribution < 1.29 is 19.4 Å². The first-order valence-electron chi connectivity index (χ1n) is 6.31. The molecule has 1 atom stereocenters. The van der Waals surface area contributed by atoms with Gasteiger partial charge in [0.05, 0.1) is 7.11 Å². The van der Waals surface area contributed by atoms with Crippen molar-refractivity contribution >= 4 is 11.9 Å². The summed E-state index contributed by atoms with van der Waals surface area (Å²) in [6.07, 6.45) is 2.44.